The number of allylic oxidation sites excluding steroid dienone is 2. The zero-order valence-electron chi connectivity index (χ0n) is 17.6. The number of piperidine rings is 2. The summed E-state index contributed by atoms with van der Waals surface area (Å²) < 4.78 is 0. The lowest BCUT2D eigenvalue weighted by Gasteiger charge is -2.42. The molecule has 1 N–H and O–H groups in total. The summed E-state index contributed by atoms with van der Waals surface area (Å²) >= 11 is 0. The highest BCUT2D eigenvalue weighted by Gasteiger charge is 2.31. The van der Waals surface area contributed by atoms with E-state index in [4.69, 9.17) is 0 Å². The minimum absolute atomic E-state index is 0.161. The molecule has 5 heteroatoms. The molecule has 158 valence electrons. The third-order valence-electron chi connectivity index (χ3n) is 7.04. The zero-order valence-corrected chi connectivity index (χ0v) is 17.6. The Kier molecular flexibility index (Phi) is 7.33. The Balaban J connectivity index is 1.14. The van der Waals surface area contributed by atoms with Crippen LogP contribution in [0.3, 0.4) is 0 Å². The van der Waals surface area contributed by atoms with Gasteiger partial charge in [-0.2, -0.15) is 0 Å². The SMILES string of the molecule is O=C(NCc1ccccn1)C1CCN(C2CCN(C[C@H]3CC=CCC3)CC2)CC1. The number of carbonyl (C=O) groups excluding carboxylic acids is 1. The van der Waals surface area contributed by atoms with E-state index in [1.807, 2.05) is 18.2 Å². The van der Waals surface area contributed by atoms with Gasteiger partial charge in [0.05, 0.1) is 12.2 Å². The quantitative estimate of drug-likeness (QED) is 0.750. The Morgan fingerprint density at radius 1 is 1.03 bits per heavy atom. The Bertz CT molecular complexity index is 661. The molecule has 1 aromatic rings. The van der Waals surface area contributed by atoms with Crippen LogP contribution >= 0.6 is 0 Å². The summed E-state index contributed by atoms with van der Waals surface area (Å²) in [6, 6.07) is 6.54. The second kappa shape index (κ2) is 10.4. The van der Waals surface area contributed by atoms with Crippen molar-refractivity contribution in [3.8, 4) is 0 Å². The van der Waals surface area contributed by atoms with E-state index < -0.39 is 0 Å². The molecule has 0 saturated carbocycles. The summed E-state index contributed by atoms with van der Waals surface area (Å²) in [6.45, 7) is 6.45. The molecular formula is C24H36N4O. The van der Waals surface area contributed by atoms with Gasteiger partial charge in [-0.25, -0.2) is 0 Å². The predicted molar refractivity (Wildman–Crippen MR) is 116 cm³/mol. The second-order valence-corrected chi connectivity index (χ2v) is 9.03. The predicted octanol–water partition coefficient (Wildman–Crippen LogP) is 3.23. The summed E-state index contributed by atoms with van der Waals surface area (Å²) in [5.41, 5.74) is 0.925. The first-order valence-corrected chi connectivity index (χ1v) is 11.6. The Morgan fingerprint density at radius 3 is 2.55 bits per heavy atom. The van der Waals surface area contributed by atoms with Crippen molar-refractivity contribution in [3.05, 3.63) is 42.2 Å². The Hall–Kier alpha value is -1.72. The Morgan fingerprint density at radius 2 is 1.86 bits per heavy atom. The minimum atomic E-state index is 0.161. The molecule has 0 aromatic carbocycles. The highest BCUT2D eigenvalue weighted by Crippen LogP contribution is 2.26. The smallest absolute Gasteiger partial charge is 0.223 e. The molecule has 29 heavy (non-hydrogen) atoms. The van der Waals surface area contributed by atoms with Crippen LogP contribution in [0.2, 0.25) is 0 Å². The molecule has 1 aromatic heterocycles. The van der Waals surface area contributed by atoms with Crippen LogP contribution in [0, 0.1) is 11.8 Å². The first-order valence-electron chi connectivity index (χ1n) is 11.6. The van der Waals surface area contributed by atoms with Gasteiger partial charge in [0.15, 0.2) is 0 Å². The molecular weight excluding hydrogens is 360 g/mol. The maximum absolute atomic E-state index is 12.5. The Labute approximate surface area is 175 Å². The van der Waals surface area contributed by atoms with Crippen molar-refractivity contribution in [2.24, 2.45) is 11.8 Å². The minimum Gasteiger partial charge on any atom is -0.350 e. The van der Waals surface area contributed by atoms with Crippen LogP contribution in [0.1, 0.15) is 50.6 Å². The topological polar surface area (TPSA) is 48.5 Å². The third kappa shape index (κ3) is 5.89. The number of rotatable bonds is 6. The number of nitrogens with zero attached hydrogens (tertiary/aromatic N) is 3. The maximum atomic E-state index is 12.5. The number of aromatic nitrogens is 1. The van der Waals surface area contributed by atoms with E-state index in [2.05, 4.69) is 32.3 Å². The van der Waals surface area contributed by atoms with Crippen molar-refractivity contribution in [1.29, 1.82) is 0 Å². The van der Waals surface area contributed by atoms with Crippen molar-refractivity contribution in [2.45, 2.75) is 57.5 Å². The molecule has 2 saturated heterocycles. The van der Waals surface area contributed by atoms with Crippen molar-refractivity contribution < 1.29 is 4.79 Å². The molecule has 4 rings (SSSR count). The molecule has 2 fully saturated rings. The highest BCUT2D eigenvalue weighted by atomic mass is 16.1. The maximum Gasteiger partial charge on any atom is 0.223 e. The average Bonchev–Trinajstić information content (AvgIpc) is 2.79. The number of amides is 1. The van der Waals surface area contributed by atoms with Crippen LogP contribution in [0.4, 0.5) is 0 Å². The van der Waals surface area contributed by atoms with Crippen LogP contribution in [-0.4, -0.2) is 59.5 Å². The number of likely N-dealkylation sites (tertiary alicyclic amines) is 2. The van der Waals surface area contributed by atoms with Crippen LogP contribution in [-0.2, 0) is 11.3 Å². The molecule has 3 heterocycles. The number of pyridine rings is 1. The largest absolute Gasteiger partial charge is 0.350 e. The van der Waals surface area contributed by atoms with Crippen LogP contribution in [0.15, 0.2) is 36.5 Å². The third-order valence-corrected chi connectivity index (χ3v) is 7.04. The van der Waals surface area contributed by atoms with E-state index in [9.17, 15) is 4.79 Å². The van der Waals surface area contributed by atoms with Gasteiger partial charge in [-0.15, -0.1) is 0 Å². The molecule has 3 aliphatic rings. The van der Waals surface area contributed by atoms with Gasteiger partial charge in [0.1, 0.15) is 0 Å². The van der Waals surface area contributed by atoms with Crippen LogP contribution in [0.25, 0.3) is 0 Å². The summed E-state index contributed by atoms with van der Waals surface area (Å²) in [5.74, 6) is 1.23. The molecule has 1 amide bonds. The molecule has 2 aliphatic heterocycles. The number of hydrogen-bond donors (Lipinski definition) is 1. The zero-order chi connectivity index (χ0) is 19.9. The highest BCUT2D eigenvalue weighted by molar-refractivity contribution is 5.78. The van der Waals surface area contributed by atoms with Crippen molar-refractivity contribution in [1.82, 2.24) is 20.1 Å². The van der Waals surface area contributed by atoms with E-state index in [1.165, 1.54) is 51.7 Å². The van der Waals surface area contributed by atoms with Gasteiger partial charge in [0.25, 0.3) is 0 Å². The standard InChI is InChI=1S/C24H36N4O/c29-24(26-18-22-8-4-5-13-25-22)21-9-16-28(17-10-21)23-11-14-27(15-12-23)19-20-6-2-1-3-7-20/h1-2,4-5,8,13,20-21,23H,3,6-7,9-12,14-19H2,(H,26,29)/t20-/m0/s1. The molecule has 5 nitrogen and oxygen atoms in total. The summed E-state index contributed by atoms with van der Waals surface area (Å²) in [6.07, 6.45) is 15.0. The average molecular weight is 397 g/mol. The first-order chi connectivity index (χ1) is 14.3. The fourth-order valence-corrected chi connectivity index (χ4v) is 5.21. The summed E-state index contributed by atoms with van der Waals surface area (Å²) in [5, 5.41) is 3.08. The van der Waals surface area contributed by atoms with Crippen LogP contribution < -0.4 is 5.32 Å². The van der Waals surface area contributed by atoms with Gasteiger partial charge in [-0.1, -0.05) is 18.2 Å². The van der Waals surface area contributed by atoms with E-state index in [-0.39, 0.29) is 11.8 Å². The number of nitrogens with one attached hydrogen (secondary N) is 1. The first kappa shape index (κ1) is 20.5. The fourth-order valence-electron chi connectivity index (χ4n) is 5.21. The number of carbonyl (C=O) groups is 1. The van der Waals surface area contributed by atoms with Gasteiger partial charge in [-0.05, 0) is 89.2 Å². The molecule has 0 unspecified atom stereocenters. The van der Waals surface area contributed by atoms with Crippen molar-refractivity contribution >= 4 is 5.91 Å². The molecule has 1 atom stereocenters. The van der Waals surface area contributed by atoms with E-state index in [0.717, 1.165) is 43.6 Å². The van der Waals surface area contributed by atoms with Crippen molar-refractivity contribution in [3.63, 3.8) is 0 Å². The summed E-state index contributed by atoms with van der Waals surface area (Å²) in [7, 11) is 0. The molecule has 0 bridgehead atoms. The molecule has 0 spiro atoms. The van der Waals surface area contributed by atoms with E-state index in [1.54, 1.807) is 6.20 Å². The van der Waals surface area contributed by atoms with E-state index in [0.29, 0.717) is 6.54 Å². The lowest BCUT2D eigenvalue weighted by molar-refractivity contribution is -0.126. The van der Waals surface area contributed by atoms with E-state index >= 15 is 0 Å². The van der Waals surface area contributed by atoms with Gasteiger partial charge in [0, 0.05) is 24.7 Å². The van der Waals surface area contributed by atoms with Gasteiger partial charge in [0.2, 0.25) is 5.91 Å². The molecule has 0 radical (unpaired) electrons. The van der Waals surface area contributed by atoms with Gasteiger partial charge in [-0.3, -0.25) is 9.78 Å². The second-order valence-electron chi connectivity index (χ2n) is 9.03. The van der Waals surface area contributed by atoms with Crippen molar-refractivity contribution in [2.75, 3.05) is 32.7 Å². The lowest BCUT2D eigenvalue weighted by atomic mass is 9.91. The summed E-state index contributed by atoms with van der Waals surface area (Å²) in [4.78, 5) is 22.1. The molecule has 1 aliphatic carbocycles. The fraction of sp³-hybridized carbons (Fsp3) is 0.667. The number of hydrogen-bond acceptors (Lipinski definition) is 4. The lowest BCUT2D eigenvalue weighted by Crippen LogP contribution is -2.49. The van der Waals surface area contributed by atoms with Crippen LogP contribution in [0.5, 0.6) is 0 Å². The van der Waals surface area contributed by atoms with Gasteiger partial charge >= 0.3 is 0 Å². The van der Waals surface area contributed by atoms with Gasteiger partial charge < -0.3 is 15.1 Å². The normalized spacial score (nSPS) is 25.2. The monoisotopic (exact) mass is 396 g/mol.